The molecule has 2 aliphatic heterocycles. The summed E-state index contributed by atoms with van der Waals surface area (Å²) < 4.78 is 59.0. The van der Waals surface area contributed by atoms with Gasteiger partial charge in [-0.25, -0.2) is 4.39 Å². The van der Waals surface area contributed by atoms with Gasteiger partial charge in [-0.2, -0.15) is 13.2 Å². The van der Waals surface area contributed by atoms with E-state index >= 15 is 0 Å². The van der Waals surface area contributed by atoms with E-state index in [1.165, 1.54) is 24.3 Å². The Bertz CT molecular complexity index is 822. The van der Waals surface area contributed by atoms with Crippen molar-refractivity contribution < 1.29 is 22.3 Å². The van der Waals surface area contributed by atoms with E-state index in [0.29, 0.717) is 17.8 Å². The minimum atomic E-state index is -4.42. The number of anilines is 1. The minimum Gasteiger partial charge on any atom is -0.378 e. The fourth-order valence-corrected chi connectivity index (χ4v) is 4.11. The largest absolute Gasteiger partial charge is 0.416 e. The van der Waals surface area contributed by atoms with Crippen molar-refractivity contribution in [2.75, 3.05) is 11.9 Å². The molecule has 3 nitrogen and oxygen atoms in total. The maximum absolute atomic E-state index is 13.3. The van der Waals surface area contributed by atoms with Gasteiger partial charge in [0.2, 0.25) is 0 Å². The molecular weight excluding hydrogens is 360 g/mol. The average Bonchev–Trinajstić information content (AvgIpc) is 2.66. The summed E-state index contributed by atoms with van der Waals surface area (Å²) in [6.45, 7) is 0.326. The topological polar surface area (TPSA) is 47.3 Å². The molecule has 2 aliphatic rings. The molecule has 0 unspecified atom stereocenters. The van der Waals surface area contributed by atoms with Gasteiger partial charge in [-0.3, -0.25) is 0 Å². The number of fused-ring (bicyclic) bond motifs is 3. The number of alkyl halides is 3. The summed E-state index contributed by atoms with van der Waals surface area (Å²) in [6.07, 6.45) is -3.58. The van der Waals surface area contributed by atoms with Crippen LogP contribution in [-0.4, -0.2) is 12.6 Å². The van der Waals surface area contributed by atoms with Crippen LogP contribution in [0, 0.1) is 11.7 Å². The Hall–Kier alpha value is -2.12. The number of halogens is 4. The van der Waals surface area contributed by atoms with Crippen LogP contribution >= 0.6 is 0 Å². The van der Waals surface area contributed by atoms with Crippen molar-refractivity contribution in [2.45, 2.75) is 37.3 Å². The number of nitrogens with one attached hydrogen (secondary N) is 1. The first-order valence-electron chi connectivity index (χ1n) is 8.95. The third kappa shape index (κ3) is 3.41. The van der Waals surface area contributed by atoms with E-state index in [-0.39, 0.29) is 23.9 Å². The van der Waals surface area contributed by atoms with Gasteiger partial charge in [-0.15, -0.1) is 0 Å². The van der Waals surface area contributed by atoms with E-state index in [1.807, 2.05) is 0 Å². The van der Waals surface area contributed by atoms with E-state index < -0.39 is 17.8 Å². The second-order valence-electron chi connectivity index (χ2n) is 7.13. The molecule has 4 rings (SSSR count). The molecule has 1 saturated heterocycles. The lowest BCUT2D eigenvalue weighted by atomic mass is 9.76. The summed E-state index contributed by atoms with van der Waals surface area (Å²) in [4.78, 5) is 0. The predicted octanol–water partition coefficient (Wildman–Crippen LogP) is 4.81. The van der Waals surface area contributed by atoms with Crippen LogP contribution < -0.4 is 11.1 Å². The standard InChI is InChI=1S/C20H20F4N2O/c21-13-4-1-11(2-5-13)18-15-7-6-14(10-25)27-19(15)16-9-12(20(22,23)24)3-8-17(16)26-18/h1-5,8-9,14-15,18-19,26H,6-7,10,25H2/t14-,15+,18+,19+/m1/s1. The van der Waals surface area contributed by atoms with Gasteiger partial charge in [0.05, 0.1) is 23.8 Å². The highest BCUT2D eigenvalue weighted by Gasteiger charge is 2.43. The number of rotatable bonds is 2. The highest BCUT2D eigenvalue weighted by Crippen LogP contribution is 2.51. The molecule has 2 heterocycles. The minimum absolute atomic E-state index is 0.0609. The first kappa shape index (κ1) is 18.3. The Kier molecular flexibility index (Phi) is 4.60. The van der Waals surface area contributed by atoms with Crippen LogP contribution in [0.15, 0.2) is 42.5 Å². The second-order valence-corrected chi connectivity index (χ2v) is 7.13. The van der Waals surface area contributed by atoms with Crippen LogP contribution in [0.25, 0.3) is 0 Å². The van der Waals surface area contributed by atoms with E-state index in [2.05, 4.69) is 5.32 Å². The van der Waals surface area contributed by atoms with E-state index in [4.69, 9.17) is 10.5 Å². The zero-order valence-electron chi connectivity index (χ0n) is 14.5. The molecule has 0 radical (unpaired) electrons. The number of hydrogen-bond donors (Lipinski definition) is 2. The van der Waals surface area contributed by atoms with Crippen molar-refractivity contribution in [1.82, 2.24) is 0 Å². The molecule has 0 amide bonds. The van der Waals surface area contributed by atoms with Gasteiger partial charge in [-0.05, 0) is 48.7 Å². The molecule has 0 bridgehead atoms. The zero-order valence-corrected chi connectivity index (χ0v) is 14.5. The van der Waals surface area contributed by atoms with Crippen LogP contribution in [0.4, 0.5) is 23.2 Å². The van der Waals surface area contributed by atoms with Crippen molar-refractivity contribution in [1.29, 1.82) is 0 Å². The SMILES string of the molecule is NC[C@H]1CC[C@@H]2[C@H](O1)c1cc(C(F)(F)F)ccc1N[C@H]2c1ccc(F)cc1. The van der Waals surface area contributed by atoms with Crippen LogP contribution in [0.5, 0.6) is 0 Å². The maximum atomic E-state index is 13.3. The molecule has 7 heteroatoms. The highest BCUT2D eigenvalue weighted by molar-refractivity contribution is 5.58. The van der Waals surface area contributed by atoms with Crippen molar-refractivity contribution >= 4 is 5.69 Å². The van der Waals surface area contributed by atoms with E-state index in [1.54, 1.807) is 12.1 Å². The van der Waals surface area contributed by atoms with Crippen molar-refractivity contribution in [3.8, 4) is 0 Å². The van der Waals surface area contributed by atoms with E-state index in [9.17, 15) is 17.6 Å². The molecule has 1 fully saturated rings. The number of hydrogen-bond acceptors (Lipinski definition) is 3. The number of ether oxygens (including phenoxy) is 1. The zero-order chi connectivity index (χ0) is 19.2. The Balaban J connectivity index is 1.76. The molecule has 2 aromatic carbocycles. The summed E-state index contributed by atoms with van der Waals surface area (Å²) in [5, 5.41) is 3.34. The Morgan fingerprint density at radius 2 is 1.81 bits per heavy atom. The van der Waals surface area contributed by atoms with Gasteiger partial charge in [0.1, 0.15) is 5.82 Å². The lowest BCUT2D eigenvalue weighted by Gasteiger charge is -2.45. The third-order valence-corrected chi connectivity index (χ3v) is 5.47. The molecular formula is C20H20F4N2O. The van der Waals surface area contributed by atoms with Crippen LogP contribution in [0.3, 0.4) is 0 Å². The van der Waals surface area contributed by atoms with Gasteiger partial charge >= 0.3 is 6.18 Å². The van der Waals surface area contributed by atoms with Crippen LogP contribution in [-0.2, 0) is 10.9 Å². The summed E-state index contributed by atoms with van der Waals surface area (Å²) in [5.41, 5.74) is 7.05. The van der Waals surface area contributed by atoms with Crippen LogP contribution in [0.1, 0.15) is 41.7 Å². The quantitative estimate of drug-likeness (QED) is 0.736. The van der Waals surface area contributed by atoms with Gasteiger partial charge in [0.25, 0.3) is 0 Å². The molecule has 0 aromatic heterocycles. The first-order chi connectivity index (χ1) is 12.9. The fraction of sp³-hybridized carbons (Fsp3) is 0.400. The predicted molar refractivity (Wildman–Crippen MR) is 93.6 cm³/mol. The van der Waals surface area contributed by atoms with Gasteiger partial charge in [0.15, 0.2) is 0 Å². The molecule has 0 saturated carbocycles. The molecule has 144 valence electrons. The molecule has 4 atom stereocenters. The van der Waals surface area contributed by atoms with Gasteiger partial charge < -0.3 is 15.8 Å². The van der Waals surface area contributed by atoms with Crippen molar-refractivity contribution in [3.63, 3.8) is 0 Å². The third-order valence-electron chi connectivity index (χ3n) is 5.47. The van der Waals surface area contributed by atoms with E-state index in [0.717, 1.165) is 24.5 Å². The maximum Gasteiger partial charge on any atom is 0.416 e. The number of nitrogens with two attached hydrogens (primary N) is 1. The lowest BCUT2D eigenvalue weighted by molar-refractivity contribution is -0.138. The summed E-state index contributed by atoms with van der Waals surface area (Å²) >= 11 is 0. The summed E-state index contributed by atoms with van der Waals surface area (Å²) in [6, 6.07) is 9.69. The second kappa shape index (κ2) is 6.80. The summed E-state index contributed by atoms with van der Waals surface area (Å²) in [5.74, 6) is -0.390. The Morgan fingerprint density at radius 3 is 2.48 bits per heavy atom. The van der Waals surface area contributed by atoms with Crippen molar-refractivity contribution in [2.24, 2.45) is 11.7 Å². The van der Waals surface area contributed by atoms with Crippen LogP contribution in [0.2, 0.25) is 0 Å². The average molecular weight is 380 g/mol. The highest BCUT2D eigenvalue weighted by atomic mass is 19.4. The van der Waals surface area contributed by atoms with Gasteiger partial charge in [-0.1, -0.05) is 12.1 Å². The first-order valence-corrected chi connectivity index (χ1v) is 8.95. The smallest absolute Gasteiger partial charge is 0.378 e. The molecule has 0 aliphatic carbocycles. The Labute approximate surface area is 154 Å². The molecule has 0 spiro atoms. The molecule has 27 heavy (non-hydrogen) atoms. The normalized spacial score (nSPS) is 27.4. The lowest BCUT2D eigenvalue weighted by Crippen LogP contribution is -2.41. The monoisotopic (exact) mass is 380 g/mol. The van der Waals surface area contributed by atoms with Gasteiger partial charge in [0, 0.05) is 23.7 Å². The fourth-order valence-electron chi connectivity index (χ4n) is 4.11. The molecule has 3 N–H and O–H groups in total. The van der Waals surface area contributed by atoms with Crippen molar-refractivity contribution in [3.05, 3.63) is 65.0 Å². The molecule has 2 aromatic rings. The Morgan fingerprint density at radius 1 is 1.07 bits per heavy atom. The summed E-state index contributed by atoms with van der Waals surface area (Å²) in [7, 11) is 0. The number of benzene rings is 2.